The third kappa shape index (κ3) is 3.23. The number of aryl methyl sites for hydroxylation is 1. The van der Waals surface area contributed by atoms with Crippen LogP contribution in [0, 0.1) is 17.8 Å². The van der Waals surface area contributed by atoms with Gasteiger partial charge in [-0.2, -0.15) is 0 Å². The molecule has 1 fully saturated rings. The van der Waals surface area contributed by atoms with Crippen molar-refractivity contribution in [2.45, 2.75) is 45.7 Å². The van der Waals surface area contributed by atoms with E-state index in [2.05, 4.69) is 26.9 Å². The van der Waals surface area contributed by atoms with Crippen molar-refractivity contribution in [1.82, 2.24) is 0 Å². The fourth-order valence-electron chi connectivity index (χ4n) is 6.58. The number of ketones is 3. The lowest BCUT2D eigenvalue weighted by atomic mass is 9.63. The van der Waals surface area contributed by atoms with Crippen LogP contribution in [0.25, 0.3) is 6.08 Å². The van der Waals surface area contributed by atoms with E-state index in [1.165, 1.54) is 0 Å². The highest BCUT2D eigenvalue weighted by Crippen LogP contribution is 2.61. The van der Waals surface area contributed by atoms with Gasteiger partial charge in [-0.05, 0) is 42.3 Å². The van der Waals surface area contributed by atoms with Gasteiger partial charge in [0.2, 0.25) is 0 Å². The zero-order valence-electron chi connectivity index (χ0n) is 21.3. The maximum absolute atomic E-state index is 14.5. The number of carbonyl (C=O) groups excluding carboxylic acids is 3. The number of hydrogen-bond donors (Lipinski definition) is 0. The minimum absolute atomic E-state index is 0.0145. The molecular weight excluding hydrogens is 526 g/mol. The second-order valence-electron chi connectivity index (χ2n) is 11.4. The molecule has 3 aromatic carbocycles. The highest BCUT2D eigenvalue weighted by atomic mass is 79.9. The quantitative estimate of drug-likeness (QED) is 0.327. The largest absolute Gasteiger partial charge is 0.352 e. The molecule has 0 amide bonds. The smallest absolute Gasteiger partial charge is 0.180 e. The molecule has 3 aromatic rings. The van der Waals surface area contributed by atoms with Crippen LogP contribution in [0.5, 0.6) is 0 Å². The first-order valence-corrected chi connectivity index (χ1v) is 13.4. The van der Waals surface area contributed by atoms with Gasteiger partial charge in [-0.3, -0.25) is 14.4 Å². The van der Waals surface area contributed by atoms with Crippen molar-refractivity contribution in [3.05, 3.63) is 105 Å². The molecule has 2 heterocycles. The van der Waals surface area contributed by atoms with Crippen LogP contribution in [0.2, 0.25) is 0 Å². The normalized spacial score (nSPS) is 23.3. The Labute approximate surface area is 225 Å². The van der Waals surface area contributed by atoms with Crippen LogP contribution >= 0.6 is 15.9 Å². The molecule has 0 unspecified atom stereocenters. The number of halogens is 1. The van der Waals surface area contributed by atoms with Gasteiger partial charge in [0.15, 0.2) is 17.3 Å². The van der Waals surface area contributed by atoms with Crippen molar-refractivity contribution < 1.29 is 14.4 Å². The van der Waals surface area contributed by atoms with Gasteiger partial charge in [-0.1, -0.05) is 96.9 Å². The third-order valence-electron chi connectivity index (χ3n) is 8.20. The first-order chi connectivity index (χ1) is 17.6. The van der Waals surface area contributed by atoms with Crippen LogP contribution in [0.15, 0.2) is 77.3 Å². The van der Waals surface area contributed by atoms with E-state index >= 15 is 0 Å². The molecule has 1 aliphatic carbocycles. The summed E-state index contributed by atoms with van der Waals surface area (Å²) in [5.41, 5.74) is 2.57. The van der Waals surface area contributed by atoms with Gasteiger partial charge in [0.05, 0.1) is 12.1 Å². The molecule has 3 aliphatic rings. The molecule has 0 aromatic heterocycles. The zero-order valence-corrected chi connectivity index (χ0v) is 22.9. The molecule has 0 radical (unpaired) electrons. The number of Topliss-reactive ketones (excluding diaryl/α,β-unsaturated/α-hetero) is 3. The van der Waals surface area contributed by atoms with Crippen molar-refractivity contribution in [1.29, 1.82) is 0 Å². The average Bonchev–Trinajstić information content (AvgIpc) is 3.29. The highest BCUT2D eigenvalue weighted by molar-refractivity contribution is 9.10. The number of hydrogen-bond acceptors (Lipinski definition) is 4. The summed E-state index contributed by atoms with van der Waals surface area (Å²) >= 11 is 3.52. The second-order valence-corrected chi connectivity index (χ2v) is 12.4. The maximum atomic E-state index is 14.5. The van der Waals surface area contributed by atoms with E-state index in [0.717, 1.165) is 26.9 Å². The lowest BCUT2D eigenvalue weighted by Crippen LogP contribution is -2.49. The SMILES string of the molecule is Cc1ccc2c(c1)C=C[C@@H]1N2[C@@H](C(=O)C(C)(C)C)[C@@H](c2ccc(Br)cc2)C12C(=O)c1ccccc1C2=O. The van der Waals surface area contributed by atoms with E-state index in [1.54, 1.807) is 24.3 Å². The van der Waals surface area contributed by atoms with Gasteiger partial charge in [0.1, 0.15) is 5.41 Å². The molecule has 0 saturated carbocycles. The van der Waals surface area contributed by atoms with Crippen LogP contribution in [0.3, 0.4) is 0 Å². The summed E-state index contributed by atoms with van der Waals surface area (Å²) in [6.07, 6.45) is 3.99. The fraction of sp³-hybridized carbons (Fsp3) is 0.281. The van der Waals surface area contributed by atoms with Crippen LogP contribution in [0.4, 0.5) is 5.69 Å². The Hall–Kier alpha value is -3.31. The standard InChI is InChI=1S/C32H28BrNO3/c1-18-9-15-24-20(17-18)12-16-25-32(28(35)22-7-5-6-8-23(22)29(32)36)26(19-10-13-21(33)14-11-19)27(34(24)25)30(37)31(2,3)4/h5-17,25-27H,1-4H3/t25-,26+,27+/m0/s1. The fourth-order valence-corrected chi connectivity index (χ4v) is 6.85. The Kier molecular flexibility index (Phi) is 5.26. The van der Waals surface area contributed by atoms with Gasteiger partial charge in [0.25, 0.3) is 0 Å². The maximum Gasteiger partial charge on any atom is 0.180 e. The second kappa shape index (κ2) is 8.09. The van der Waals surface area contributed by atoms with Crippen LogP contribution < -0.4 is 4.90 Å². The van der Waals surface area contributed by atoms with E-state index in [0.29, 0.717) is 11.1 Å². The molecule has 5 heteroatoms. The Morgan fingerprint density at radius 2 is 1.54 bits per heavy atom. The zero-order chi connectivity index (χ0) is 26.3. The molecule has 0 N–H and O–H groups in total. The number of rotatable bonds is 2. The topological polar surface area (TPSA) is 54.5 Å². The number of carbonyl (C=O) groups is 3. The molecule has 3 atom stereocenters. The molecule has 4 nitrogen and oxygen atoms in total. The van der Waals surface area contributed by atoms with Crippen molar-refractivity contribution in [2.75, 3.05) is 4.90 Å². The monoisotopic (exact) mass is 553 g/mol. The molecule has 37 heavy (non-hydrogen) atoms. The number of anilines is 1. The summed E-state index contributed by atoms with van der Waals surface area (Å²) in [7, 11) is 0. The average molecular weight is 554 g/mol. The van der Waals surface area contributed by atoms with E-state index < -0.39 is 28.8 Å². The Morgan fingerprint density at radius 1 is 0.919 bits per heavy atom. The summed E-state index contributed by atoms with van der Waals surface area (Å²) in [5, 5.41) is 0. The summed E-state index contributed by atoms with van der Waals surface area (Å²) in [6.45, 7) is 7.78. The lowest BCUT2D eigenvalue weighted by Gasteiger charge is -2.38. The number of nitrogens with zero attached hydrogens (tertiary/aromatic N) is 1. The van der Waals surface area contributed by atoms with Crippen molar-refractivity contribution in [3.8, 4) is 0 Å². The summed E-state index contributed by atoms with van der Waals surface area (Å²) in [6, 6.07) is 19.7. The van der Waals surface area contributed by atoms with Crippen LogP contribution in [-0.2, 0) is 4.79 Å². The van der Waals surface area contributed by atoms with E-state index in [4.69, 9.17) is 0 Å². The summed E-state index contributed by atoms with van der Waals surface area (Å²) in [5.74, 6) is -1.02. The predicted molar refractivity (Wildman–Crippen MR) is 149 cm³/mol. The van der Waals surface area contributed by atoms with Gasteiger partial charge < -0.3 is 4.90 Å². The minimum atomic E-state index is -1.44. The molecule has 1 saturated heterocycles. The van der Waals surface area contributed by atoms with Gasteiger partial charge >= 0.3 is 0 Å². The Balaban J connectivity index is 1.70. The first kappa shape index (κ1) is 24.1. The van der Waals surface area contributed by atoms with Crippen LogP contribution in [0.1, 0.15) is 64.1 Å². The molecule has 6 rings (SSSR count). The van der Waals surface area contributed by atoms with Crippen molar-refractivity contribution >= 4 is 45.0 Å². The van der Waals surface area contributed by atoms with E-state index in [-0.39, 0.29) is 17.3 Å². The Morgan fingerprint density at radius 3 is 2.14 bits per heavy atom. The van der Waals surface area contributed by atoms with E-state index in [1.807, 2.05) is 76.2 Å². The van der Waals surface area contributed by atoms with Crippen molar-refractivity contribution in [2.24, 2.45) is 10.8 Å². The molecular formula is C32H28BrNO3. The molecule has 1 spiro atoms. The highest BCUT2D eigenvalue weighted by Gasteiger charge is 2.71. The molecule has 2 aliphatic heterocycles. The minimum Gasteiger partial charge on any atom is -0.352 e. The number of fused-ring (bicyclic) bond motifs is 5. The third-order valence-corrected chi connectivity index (χ3v) is 8.72. The van der Waals surface area contributed by atoms with Gasteiger partial charge in [0, 0.05) is 32.6 Å². The van der Waals surface area contributed by atoms with E-state index in [9.17, 15) is 14.4 Å². The molecule has 0 bridgehead atoms. The summed E-state index contributed by atoms with van der Waals surface area (Å²) in [4.78, 5) is 45.5. The summed E-state index contributed by atoms with van der Waals surface area (Å²) < 4.78 is 0.896. The van der Waals surface area contributed by atoms with Gasteiger partial charge in [-0.25, -0.2) is 0 Å². The van der Waals surface area contributed by atoms with Gasteiger partial charge in [-0.15, -0.1) is 0 Å². The van der Waals surface area contributed by atoms with Crippen molar-refractivity contribution in [3.63, 3.8) is 0 Å². The first-order valence-electron chi connectivity index (χ1n) is 12.6. The van der Waals surface area contributed by atoms with Crippen LogP contribution in [-0.4, -0.2) is 29.4 Å². The molecule has 186 valence electrons. The lowest BCUT2D eigenvalue weighted by molar-refractivity contribution is -0.127. The number of benzene rings is 3. The predicted octanol–water partition coefficient (Wildman–Crippen LogP) is 6.81. The Bertz CT molecular complexity index is 1480.